The van der Waals surface area contributed by atoms with Crippen LogP contribution in [-0.4, -0.2) is 77.7 Å². The number of aromatic nitrogens is 2. The van der Waals surface area contributed by atoms with Gasteiger partial charge >= 0.3 is 6.03 Å². The van der Waals surface area contributed by atoms with Crippen molar-refractivity contribution in [3.63, 3.8) is 0 Å². The normalized spacial score (nSPS) is 21.7. The van der Waals surface area contributed by atoms with E-state index in [4.69, 9.17) is 0 Å². The first kappa shape index (κ1) is 15.7. The maximum absolute atomic E-state index is 12.2. The Hall–Kier alpha value is -2.22. The first-order valence-electron chi connectivity index (χ1n) is 7.96. The molecule has 2 aliphatic heterocycles. The van der Waals surface area contributed by atoms with Gasteiger partial charge in [0.2, 0.25) is 5.91 Å². The van der Waals surface area contributed by atoms with Gasteiger partial charge < -0.3 is 10.2 Å². The van der Waals surface area contributed by atoms with Crippen LogP contribution in [0.3, 0.4) is 0 Å². The smallest absolute Gasteiger partial charge is 0.324 e. The molecule has 0 aromatic carbocycles. The van der Waals surface area contributed by atoms with E-state index in [9.17, 15) is 9.59 Å². The van der Waals surface area contributed by atoms with Crippen LogP contribution in [0, 0.1) is 0 Å². The molecule has 0 saturated carbocycles. The summed E-state index contributed by atoms with van der Waals surface area (Å²) in [5, 5.41) is 10.7. The number of amides is 3. The standard InChI is InChI=1S/C15H22N6O2/c1-19(11-14(22)21-9-7-16-15(21)23)12-4-3-8-20(10-12)13-5-2-6-17-18-13/h2,5-6,12H,3-4,7-11H2,1H3,(H,16,23). The molecule has 1 N–H and O–H groups in total. The highest BCUT2D eigenvalue weighted by atomic mass is 16.2. The number of carbonyl (C=O) groups is 2. The van der Waals surface area contributed by atoms with E-state index in [0.29, 0.717) is 13.1 Å². The average molecular weight is 318 g/mol. The SMILES string of the molecule is CN(CC(=O)N1CCNC1=O)C1CCCN(c2cccnn2)C1. The number of carbonyl (C=O) groups excluding carboxylic acids is 2. The molecule has 0 spiro atoms. The van der Waals surface area contributed by atoms with Crippen molar-refractivity contribution in [1.82, 2.24) is 25.3 Å². The lowest BCUT2D eigenvalue weighted by atomic mass is 10.0. The van der Waals surface area contributed by atoms with Crippen LogP contribution in [0.2, 0.25) is 0 Å². The largest absolute Gasteiger partial charge is 0.354 e. The number of likely N-dealkylation sites (N-methyl/N-ethyl adjacent to an activating group) is 1. The second-order valence-electron chi connectivity index (χ2n) is 6.02. The van der Waals surface area contributed by atoms with Crippen molar-refractivity contribution in [1.29, 1.82) is 0 Å². The minimum Gasteiger partial charge on any atom is -0.354 e. The number of piperidine rings is 1. The highest BCUT2D eigenvalue weighted by molar-refractivity contribution is 5.96. The first-order valence-corrected chi connectivity index (χ1v) is 7.96. The fraction of sp³-hybridized carbons (Fsp3) is 0.600. The number of imide groups is 1. The van der Waals surface area contributed by atoms with Crippen LogP contribution in [0.4, 0.5) is 10.6 Å². The summed E-state index contributed by atoms with van der Waals surface area (Å²) in [6.45, 7) is 3.02. The second kappa shape index (κ2) is 6.91. The van der Waals surface area contributed by atoms with Crippen molar-refractivity contribution in [2.45, 2.75) is 18.9 Å². The Labute approximate surface area is 135 Å². The molecular formula is C15H22N6O2. The Balaban J connectivity index is 1.57. The predicted octanol–water partition coefficient (Wildman–Crippen LogP) is -0.0710. The van der Waals surface area contributed by atoms with E-state index in [-0.39, 0.29) is 24.5 Å². The molecule has 1 aromatic rings. The van der Waals surface area contributed by atoms with Gasteiger partial charge in [-0.25, -0.2) is 4.79 Å². The van der Waals surface area contributed by atoms with Gasteiger partial charge in [-0.15, -0.1) is 5.10 Å². The number of nitrogens with zero attached hydrogens (tertiary/aromatic N) is 5. The molecule has 2 aliphatic rings. The Morgan fingerprint density at radius 2 is 2.35 bits per heavy atom. The third-order valence-corrected chi connectivity index (χ3v) is 4.44. The van der Waals surface area contributed by atoms with Gasteiger partial charge in [-0.05, 0) is 32.0 Å². The van der Waals surface area contributed by atoms with E-state index < -0.39 is 0 Å². The number of nitrogens with one attached hydrogen (secondary N) is 1. The number of anilines is 1. The highest BCUT2D eigenvalue weighted by Gasteiger charge is 2.30. The summed E-state index contributed by atoms with van der Waals surface area (Å²) in [7, 11) is 1.94. The van der Waals surface area contributed by atoms with Crippen LogP contribution in [0.25, 0.3) is 0 Å². The zero-order chi connectivity index (χ0) is 16.2. The monoisotopic (exact) mass is 318 g/mol. The summed E-state index contributed by atoms with van der Waals surface area (Å²) < 4.78 is 0. The Bertz CT molecular complexity index is 566. The van der Waals surface area contributed by atoms with Crippen LogP contribution in [0.15, 0.2) is 18.3 Å². The van der Waals surface area contributed by atoms with Gasteiger partial charge in [0.25, 0.3) is 0 Å². The van der Waals surface area contributed by atoms with Gasteiger partial charge in [0, 0.05) is 38.4 Å². The maximum Gasteiger partial charge on any atom is 0.324 e. The summed E-state index contributed by atoms with van der Waals surface area (Å²) in [6, 6.07) is 3.81. The molecule has 1 unspecified atom stereocenters. The van der Waals surface area contributed by atoms with E-state index >= 15 is 0 Å². The molecule has 8 nitrogen and oxygen atoms in total. The van der Waals surface area contributed by atoms with Gasteiger partial charge in [0.05, 0.1) is 6.54 Å². The summed E-state index contributed by atoms with van der Waals surface area (Å²) in [6.07, 6.45) is 3.74. The molecule has 0 bridgehead atoms. The van der Waals surface area contributed by atoms with Crippen molar-refractivity contribution in [3.8, 4) is 0 Å². The number of hydrogen-bond donors (Lipinski definition) is 1. The Kier molecular flexibility index (Phi) is 4.71. The van der Waals surface area contributed by atoms with E-state index in [0.717, 1.165) is 31.7 Å². The zero-order valence-corrected chi connectivity index (χ0v) is 13.3. The van der Waals surface area contributed by atoms with Gasteiger partial charge in [-0.2, -0.15) is 5.10 Å². The fourth-order valence-electron chi connectivity index (χ4n) is 3.12. The average Bonchev–Trinajstić information content (AvgIpc) is 3.02. The van der Waals surface area contributed by atoms with E-state index in [2.05, 4.69) is 20.4 Å². The van der Waals surface area contributed by atoms with Crippen LogP contribution in [-0.2, 0) is 4.79 Å². The lowest BCUT2D eigenvalue weighted by molar-refractivity contribution is -0.129. The molecule has 3 amide bonds. The van der Waals surface area contributed by atoms with Gasteiger partial charge in [0.1, 0.15) is 0 Å². The highest BCUT2D eigenvalue weighted by Crippen LogP contribution is 2.19. The second-order valence-corrected chi connectivity index (χ2v) is 6.02. The summed E-state index contributed by atoms with van der Waals surface area (Å²) in [4.78, 5) is 29.3. The lowest BCUT2D eigenvalue weighted by Crippen LogP contribution is -2.50. The summed E-state index contributed by atoms with van der Waals surface area (Å²) >= 11 is 0. The number of rotatable bonds is 4. The molecule has 124 valence electrons. The van der Waals surface area contributed by atoms with E-state index in [1.165, 1.54) is 4.90 Å². The molecule has 0 aliphatic carbocycles. The minimum atomic E-state index is -0.284. The van der Waals surface area contributed by atoms with E-state index in [1.54, 1.807) is 6.20 Å². The molecule has 3 rings (SSSR count). The molecule has 23 heavy (non-hydrogen) atoms. The van der Waals surface area contributed by atoms with Crippen LogP contribution >= 0.6 is 0 Å². The van der Waals surface area contributed by atoms with Crippen LogP contribution < -0.4 is 10.2 Å². The lowest BCUT2D eigenvalue weighted by Gasteiger charge is -2.38. The molecule has 0 radical (unpaired) electrons. The van der Waals surface area contributed by atoms with Crippen molar-refractivity contribution in [2.24, 2.45) is 0 Å². The van der Waals surface area contributed by atoms with Crippen molar-refractivity contribution >= 4 is 17.8 Å². The Morgan fingerprint density at radius 3 is 3.04 bits per heavy atom. The molecule has 1 atom stereocenters. The molecule has 8 heteroatoms. The van der Waals surface area contributed by atoms with Crippen molar-refractivity contribution in [3.05, 3.63) is 18.3 Å². The fourth-order valence-corrected chi connectivity index (χ4v) is 3.12. The molecule has 3 heterocycles. The van der Waals surface area contributed by atoms with E-state index in [1.807, 2.05) is 24.1 Å². The predicted molar refractivity (Wildman–Crippen MR) is 85.0 cm³/mol. The first-order chi connectivity index (χ1) is 11.1. The van der Waals surface area contributed by atoms with Gasteiger partial charge in [0.15, 0.2) is 5.82 Å². The van der Waals surface area contributed by atoms with Crippen LogP contribution in [0.1, 0.15) is 12.8 Å². The molecule has 2 fully saturated rings. The van der Waals surface area contributed by atoms with Gasteiger partial charge in [-0.3, -0.25) is 14.6 Å². The third kappa shape index (κ3) is 3.58. The van der Waals surface area contributed by atoms with Crippen LogP contribution in [0.5, 0.6) is 0 Å². The topological polar surface area (TPSA) is 81.7 Å². The quantitative estimate of drug-likeness (QED) is 0.837. The van der Waals surface area contributed by atoms with Crippen molar-refractivity contribution in [2.75, 3.05) is 44.7 Å². The Morgan fingerprint density at radius 1 is 1.48 bits per heavy atom. The number of urea groups is 1. The minimum absolute atomic E-state index is 0.140. The number of hydrogen-bond acceptors (Lipinski definition) is 6. The zero-order valence-electron chi connectivity index (χ0n) is 13.3. The molecule has 1 aromatic heterocycles. The summed E-state index contributed by atoms with van der Waals surface area (Å²) in [5.74, 6) is 0.731. The van der Waals surface area contributed by atoms with Crippen molar-refractivity contribution < 1.29 is 9.59 Å². The molecule has 2 saturated heterocycles. The van der Waals surface area contributed by atoms with Gasteiger partial charge in [-0.1, -0.05) is 0 Å². The molecular weight excluding hydrogens is 296 g/mol. The maximum atomic E-state index is 12.2. The third-order valence-electron chi connectivity index (χ3n) is 4.44. The summed E-state index contributed by atoms with van der Waals surface area (Å²) in [5.41, 5.74) is 0.